The highest BCUT2D eigenvalue weighted by Gasteiger charge is 1.96. The van der Waals surface area contributed by atoms with Crippen molar-refractivity contribution in [3.8, 4) is 0 Å². The first-order chi connectivity index (χ1) is 8.65. The Morgan fingerprint density at radius 1 is 1.00 bits per heavy atom. The van der Waals surface area contributed by atoms with E-state index in [0.29, 0.717) is 23.4 Å². The topological polar surface area (TPSA) is 76.8 Å². The van der Waals surface area contributed by atoms with Gasteiger partial charge in [-0.15, -0.1) is 0 Å². The molecule has 1 aromatic carbocycles. The average molecular weight is 282 g/mol. The Morgan fingerprint density at radius 2 is 1.44 bits per heavy atom. The molecule has 0 saturated carbocycles. The van der Waals surface area contributed by atoms with Gasteiger partial charge in [0.15, 0.2) is 10.3 Å². The molecule has 1 rings (SSSR count). The van der Waals surface area contributed by atoms with Gasteiger partial charge in [-0.25, -0.2) is 0 Å². The highest BCUT2D eigenvalue weighted by molar-refractivity contribution is 8.13. The van der Waals surface area contributed by atoms with E-state index in [-0.39, 0.29) is 0 Å². The van der Waals surface area contributed by atoms with Crippen LogP contribution in [0.15, 0.2) is 34.3 Å². The van der Waals surface area contributed by atoms with Crippen LogP contribution in [0.25, 0.3) is 0 Å². The van der Waals surface area contributed by atoms with Crippen molar-refractivity contribution >= 4 is 33.9 Å². The number of rotatable bonds is 4. The summed E-state index contributed by atoms with van der Waals surface area (Å²) in [5.41, 5.74) is 13.5. The average Bonchev–Trinajstić information content (AvgIpc) is 2.42. The Bertz CT molecular complexity index is 406. The molecular weight excluding hydrogens is 264 g/mol. The minimum absolute atomic E-state index is 0.599. The molecule has 0 spiro atoms. The van der Waals surface area contributed by atoms with E-state index in [9.17, 15) is 0 Å². The van der Waals surface area contributed by atoms with Crippen LogP contribution in [0.4, 0.5) is 0 Å². The first-order valence-electron chi connectivity index (χ1n) is 5.41. The highest BCUT2D eigenvalue weighted by Crippen LogP contribution is 2.09. The van der Waals surface area contributed by atoms with Crippen LogP contribution in [0.5, 0.6) is 0 Å². The summed E-state index contributed by atoms with van der Waals surface area (Å²) in [4.78, 5) is 8.52. The molecule has 0 unspecified atom stereocenters. The fourth-order valence-electron chi connectivity index (χ4n) is 1.29. The van der Waals surface area contributed by atoms with Crippen molar-refractivity contribution in [3.63, 3.8) is 0 Å². The van der Waals surface area contributed by atoms with Crippen LogP contribution in [0.1, 0.15) is 11.1 Å². The van der Waals surface area contributed by atoms with Gasteiger partial charge < -0.3 is 11.5 Å². The van der Waals surface area contributed by atoms with E-state index in [0.717, 1.165) is 11.1 Å². The molecule has 18 heavy (non-hydrogen) atoms. The van der Waals surface area contributed by atoms with E-state index in [1.165, 1.54) is 23.5 Å². The predicted octanol–water partition coefficient (Wildman–Crippen LogP) is 2.04. The molecule has 98 valence electrons. The summed E-state index contributed by atoms with van der Waals surface area (Å²) >= 11 is 2.90. The maximum Gasteiger partial charge on any atom is 0.153 e. The smallest absolute Gasteiger partial charge is 0.153 e. The number of benzene rings is 1. The lowest BCUT2D eigenvalue weighted by Crippen LogP contribution is -2.06. The molecule has 0 fully saturated rings. The fraction of sp³-hybridized carbons (Fsp3) is 0.333. The molecule has 4 N–H and O–H groups in total. The first kappa shape index (κ1) is 14.9. The van der Waals surface area contributed by atoms with Crippen LogP contribution in [0, 0.1) is 0 Å². The maximum absolute atomic E-state index is 5.65. The number of aliphatic imine (C=N–C) groups is 2. The third-order valence-corrected chi connectivity index (χ3v) is 3.34. The van der Waals surface area contributed by atoms with Gasteiger partial charge in [-0.3, -0.25) is 9.98 Å². The number of amidine groups is 2. The molecule has 0 aliphatic rings. The number of thioether (sulfide) groups is 2. The standard InChI is InChI=1S/C12H18N4S2/c1-17-11(13)15-7-9-4-3-5-10(6-9)8-16-12(14)18-2/h3-6H,7-8H2,1-2H3,(H2,13,15)(H2,14,16). The first-order valence-corrected chi connectivity index (χ1v) is 7.86. The molecule has 0 radical (unpaired) electrons. The van der Waals surface area contributed by atoms with E-state index in [1.54, 1.807) is 0 Å². The zero-order valence-corrected chi connectivity index (χ0v) is 12.2. The molecule has 0 amide bonds. The molecule has 0 aromatic heterocycles. The molecule has 0 saturated heterocycles. The SMILES string of the molecule is CSC(N)=NCc1cccc(CN=C(N)SC)c1. The molecular formula is C12H18N4S2. The van der Waals surface area contributed by atoms with Crippen molar-refractivity contribution in [1.82, 2.24) is 0 Å². The van der Waals surface area contributed by atoms with Crippen LogP contribution in [-0.2, 0) is 13.1 Å². The molecule has 6 heteroatoms. The summed E-state index contributed by atoms with van der Waals surface area (Å²) in [7, 11) is 0. The lowest BCUT2D eigenvalue weighted by molar-refractivity contribution is 1.03. The number of nitrogens with zero attached hydrogens (tertiary/aromatic N) is 2. The van der Waals surface area contributed by atoms with Gasteiger partial charge in [0.05, 0.1) is 13.1 Å². The van der Waals surface area contributed by atoms with Crippen molar-refractivity contribution in [2.24, 2.45) is 21.5 Å². The molecule has 0 aliphatic heterocycles. The second kappa shape index (κ2) is 8.05. The Hall–Kier alpha value is -1.14. The van der Waals surface area contributed by atoms with Crippen LogP contribution in [0.3, 0.4) is 0 Å². The number of nitrogens with two attached hydrogens (primary N) is 2. The summed E-state index contributed by atoms with van der Waals surface area (Å²) in [5.74, 6) is 0. The minimum atomic E-state index is 0.599. The molecule has 4 nitrogen and oxygen atoms in total. The summed E-state index contributed by atoms with van der Waals surface area (Å²) < 4.78 is 0. The largest absolute Gasteiger partial charge is 0.379 e. The van der Waals surface area contributed by atoms with Gasteiger partial charge in [0.25, 0.3) is 0 Å². The van der Waals surface area contributed by atoms with Crippen molar-refractivity contribution in [3.05, 3.63) is 35.4 Å². The third-order valence-electron chi connectivity index (χ3n) is 2.24. The van der Waals surface area contributed by atoms with E-state index in [4.69, 9.17) is 11.5 Å². The highest BCUT2D eigenvalue weighted by atomic mass is 32.2. The summed E-state index contributed by atoms with van der Waals surface area (Å²) in [6.07, 6.45) is 3.82. The van der Waals surface area contributed by atoms with Gasteiger partial charge in [-0.2, -0.15) is 0 Å². The van der Waals surface area contributed by atoms with Crippen LogP contribution < -0.4 is 11.5 Å². The van der Waals surface area contributed by atoms with Crippen LogP contribution in [0.2, 0.25) is 0 Å². The van der Waals surface area contributed by atoms with Gasteiger partial charge >= 0.3 is 0 Å². The van der Waals surface area contributed by atoms with Gasteiger partial charge in [0.1, 0.15) is 0 Å². The Kier molecular flexibility index (Phi) is 6.67. The normalized spacial score (nSPS) is 12.8. The van der Waals surface area contributed by atoms with Gasteiger partial charge in [-0.05, 0) is 23.6 Å². The molecule has 0 bridgehead atoms. The van der Waals surface area contributed by atoms with Crippen molar-refractivity contribution in [2.75, 3.05) is 12.5 Å². The van der Waals surface area contributed by atoms with E-state index in [2.05, 4.69) is 16.1 Å². The molecule has 0 heterocycles. The van der Waals surface area contributed by atoms with Gasteiger partial charge in [-0.1, -0.05) is 47.8 Å². The van der Waals surface area contributed by atoms with Crippen molar-refractivity contribution in [1.29, 1.82) is 0 Å². The number of hydrogen-bond donors (Lipinski definition) is 2. The van der Waals surface area contributed by atoms with Gasteiger partial charge in [0, 0.05) is 0 Å². The molecule has 1 aromatic rings. The number of hydrogen-bond acceptors (Lipinski definition) is 4. The predicted molar refractivity (Wildman–Crippen MR) is 84.1 cm³/mol. The zero-order valence-electron chi connectivity index (χ0n) is 10.6. The molecule has 0 aliphatic carbocycles. The summed E-state index contributed by atoms with van der Waals surface area (Å²) in [6.45, 7) is 1.20. The lowest BCUT2D eigenvalue weighted by Gasteiger charge is -2.02. The summed E-state index contributed by atoms with van der Waals surface area (Å²) in [5, 5.41) is 1.20. The van der Waals surface area contributed by atoms with E-state index in [1.807, 2.05) is 30.7 Å². The zero-order chi connectivity index (χ0) is 13.4. The third kappa shape index (κ3) is 5.46. The second-order valence-corrected chi connectivity index (χ2v) is 5.19. The Morgan fingerprint density at radius 3 is 1.83 bits per heavy atom. The lowest BCUT2D eigenvalue weighted by atomic mass is 10.1. The van der Waals surface area contributed by atoms with E-state index < -0.39 is 0 Å². The monoisotopic (exact) mass is 282 g/mol. The van der Waals surface area contributed by atoms with Crippen molar-refractivity contribution in [2.45, 2.75) is 13.1 Å². The van der Waals surface area contributed by atoms with E-state index >= 15 is 0 Å². The Labute approximate surface area is 116 Å². The molecule has 0 atom stereocenters. The Balaban J connectivity index is 2.68. The second-order valence-electron chi connectivity index (χ2n) is 3.54. The maximum atomic E-state index is 5.65. The minimum Gasteiger partial charge on any atom is -0.379 e. The van der Waals surface area contributed by atoms with Crippen LogP contribution in [-0.4, -0.2) is 22.8 Å². The van der Waals surface area contributed by atoms with Crippen LogP contribution >= 0.6 is 23.5 Å². The fourth-order valence-corrected chi connectivity index (χ4v) is 1.68. The van der Waals surface area contributed by atoms with Crippen molar-refractivity contribution < 1.29 is 0 Å². The quantitative estimate of drug-likeness (QED) is 0.654. The summed E-state index contributed by atoms with van der Waals surface area (Å²) in [6, 6.07) is 8.14. The van der Waals surface area contributed by atoms with Gasteiger partial charge in [0.2, 0.25) is 0 Å².